The summed E-state index contributed by atoms with van der Waals surface area (Å²) in [5.74, 6) is 2.57. The van der Waals surface area contributed by atoms with Crippen molar-refractivity contribution in [1.29, 1.82) is 0 Å². The van der Waals surface area contributed by atoms with Crippen LogP contribution in [0.2, 0.25) is 0 Å². The SMILES string of the molecule is C[C@]12CC[C@@H]3[C@H](CCC4=CC(=O)CC[C@@]43C)[C@H]1CC[C@@H]2O. The van der Waals surface area contributed by atoms with Crippen molar-refractivity contribution in [2.75, 3.05) is 0 Å². The minimum absolute atomic E-state index is 0.0823. The Balaban J connectivity index is 1.69. The molecule has 4 aliphatic carbocycles. The van der Waals surface area contributed by atoms with Gasteiger partial charge in [0, 0.05) is 6.42 Å². The van der Waals surface area contributed by atoms with Crippen LogP contribution in [0.3, 0.4) is 0 Å². The Bertz CT molecular complexity index is 508. The summed E-state index contributed by atoms with van der Waals surface area (Å²) in [7, 11) is 0. The highest BCUT2D eigenvalue weighted by molar-refractivity contribution is 5.91. The van der Waals surface area contributed by atoms with Crippen molar-refractivity contribution >= 4 is 5.78 Å². The van der Waals surface area contributed by atoms with Crippen LogP contribution in [0.15, 0.2) is 11.6 Å². The second kappa shape index (κ2) is 4.44. The molecule has 2 heteroatoms. The predicted molar refractivity (Wildman–Crippen MR) is 82.7 cm³/mol. The number of ketones is 1. The summed E-state index contributed by atoms with van der Waals surface area (Å²) in [6, 6.07) is 0. The maximum atomic E-state index is 11.8. The lowest BCUT2D eigenvalue weighted by Gasteiger charge is -2.57. The zero-order valence-electron chi connectivity index (χ0n) is 13.4. The van der Waals surface area contributed by atoms with Crippen LogP contribution in [0.5, 0.6) is 0 Å². The van der Waals surface area contributed by atoms with E-state index >= 15 is 0 Å². The summed E-state index contributed by atoms with van der Waals surface area (Å²) in [6.07, 6.45) is 10.7. The van der Waals surface area contributed by atoms with Gasteiger partial charge in [-0.1, -0.05) is 19.4 Å². The molecule has 21 heavy (non-hydrogen) atoms. The van der Waals surface area contributed by atoms with E-state index in [2.05, 4.69) is 13.8 Å². The number of aliphatic hydroxyl groups is 1. The Morgan fingerprint density at radius 3 is 2.67 bits per heavy atom. The highest BCUT2D eigenvalue weighted by atomic mass is 16.3. The van der Waals surface area contributed by atoms with E-state index in [1.54, 1.807) is 0 Å². The minimum Gasteiger partial charge on any atom is -0.393 e. The number of aliphatic hydroxyl groups excluding tert-OH is 1. The molecule has 6 atom stereocenters. The van der Waals surface area contributed by atoms with Gasteiger partial charge in [0.15, 0.2) is 5.78 Å². The molecule has 0 unspecified atom stereocenters. The van der Waals surface area contributed by atoms with E-state index in [0.717, 1.165) is 37.5 Å². The molecule has 0 amide bonds. The van der Waals surface area contributed by atoms with Gasteiger partial charge in [-0.05, 0) is 79.6 Å². The molecule has 0 aliphatic heterocycles. The van der Waals surface area contributed by atoms with Crippen molar-refractivity contribution in [3.05, 3.63) is 11.6 Å². The maximum Gasteiger partial charge on any atom is 0.155 e. The van der Waals surface area contributed by atoms with E-state index in [0.29, 0.717) is 11.7 Å². The number of carbonyl (C=O) groups is 1. The average Bonchev–Trinajstić information content (AvgIpc) is 2.76. The zero-order chi connectivity index (χ0) is 14.8. The first kappa shape index (κ1) is 14.0. The molecule has 3 fully saturated rings. The molecular formula is C19H28O2. The molecule has 0 spiro atoms. The zero-order valence-corrected chi connectivity index (χ0v) is 13.4. The number of fused-ring (bicyclic) bond motifs is 5. The van der Waals surface area contributed by atoms with Crippen LogP contribution in [0, 0.1) is 28.6 Å². The van der Waals surface area contributed by atoms with Gasteiger partial charge in [0.25, 0.3) is 0 Å². The van der Waals surface area contributed by atoms with Gasteiger partial charge >= 0.3 is 0 Å². The number of carbonyl (C=O) groups excluding carboxylic acids is 1. The fourth-order valence-electron chi connectivity index (χ4n) is 6.53. The molecule has 0 aromatic rings. The van der Waals surface area contributed by atoms with Crippen molar-refractivity contribution < 1.29 is 9.90 Å². The van der Waals surface area contributed by atoms with Crippen molar-refractivity contribution in [1.82, 2.24) is 0 Å². The first-order valence-electron chi connectivity index (χ1n) is 8.87. The van der Waals surface area contributed by atoms with Crippen LogP contribution < -0.4 is 0 Å². The lowest BCUT2D eigenvalue weighted by atomic mass is 9.47. The summed E-state index contributed by atoms with van der Waals surface area (Å²) >= 11 is 0. The fourth-order valence-corrected chi connectivity index (χ4v) is 6.53. The minimum atomic E-state index is -0.0823. The highest BCUT2D eigenvalue weighted by Crippen LogP contribution is 2.65. The van der Waals surface area contributed by atoms with E-state index in [4.69, 9.17) is 0 Å². The third kappa shape index (κ3) is 1.78. The molecule has 1 N–H and O–H groups in total. The Morgan fingerprint density at radius 1 is 1.05 bits per heavy atom. The second-order valence-electron chi connectivity index (χ2n) is 8.61. The molecule has 0 bridgehead atoms. The lowest BCUT2D eigenvalue weighted by Crippen LogP contribution is -2.51. The summed E-state index contributed by atoms with van der Waals surface area (Å²) in [6.45, 7) is 4.76. The van der Waals surface area contributed by atoms with Crippen LogP contribution in [-0.2, 0) is 4.79 Å². The lowest BCUT2D eigenvalue weighted by molar-refractivity contribution is -0.118. The Labute approximate surface area is 128 Å². The quantitative estimate of drug-likeness (QED) is 0.734. The summed E-state index contributed by atoms with van der Waals surface area (Å²) in [4.78, 5) is 11.8. The van der Waals surface area contributed by atoms with Gasteiger partial charge in [-0.3, -0.25) is 4.79 Å². The number of allylic oxidation sites excluding steroid dienone is 1. The number of rotatable bonds is 0. The predicted octanol–water partition coefficient (Wildman–Crippen LogP) is 3.88. The van der Waals surface area contributed by atoms with Crippen molar-refractivity contribution in [2.24, 2.45) is 28.6 Å². The molecular weight excluding hydrogens is 260 g/mol. The standard InChI is InChI=1S/C19H28O2/c1-18-9-7-13(20)11-12(18)3-4-14-15-5-6-17(21)19(15,2)10-8-16(14)18/h11,14-17,21H,3-10H2,1-2H3/t14-,15-,16-,17+,18+,19+/m1/s1. The molecule has 0 saturated heterocycles. The molecule has 0 heterocycles. The molecule has 3 saturated carbocycles. The van der Waals surface area contributed by atoms with Crippen LogP contribution in [0.4, 0.5) is 0 Å². The maximum absolute atomic E-state index is 11.8. The second-order valence-corrected chi connectivity index (χ2v) is 8.61. The van der Waals surface area contributed by atoms with Gasteiger partial charge in [0.1, 0.15) is 0 Å². The largest absolute Gasteiger partial charge is 0.393 e. The van der Waals surface area contributed by atoms with Gasteiger partial charge < -0.3 is 5.11 Å². The summed E-state index contributed by atoms with van der Waals surface area (Å²) < 4.78 is 0. The van der Waals surface area contributed by atoms with Crippen LogP contribution >= 0.6 is 0 Å². The van der Waals surface area contributed by atoms with E-state index in [1.165, 1.54) is 31.3 Å². The van der Waals surface area contributed by atoms with E-state index in [1.807, 2.05) is 6.08 Å². The molecule has 2 nitrogen and oxygen atoms in total. The smallest absolute Gasteiger partial charge is 0.155 e. The molecule has 4 aliphatic rings. The third-order valence-corrected chi connectivity index (χ3v) is 7.91. The van der Waals surface area contributed by atoms with Crippen LogP contribution in [0.25, 0.3) is 0 Å². The topological polar surface area (TPSA) is 37.3 Å². The number of hydrogen-bond donors (Lipinski definition) is 1. The summed E-state index contributed by atoms with van der Waals surface area (Å²) in [5.41, 5.74) is 1.89. The van der Waals surface area contributed by atoms with Crippen molar-refractivity contribution in [2.45, 2.75) is 71.3 Å². The van der Waals surface area contributed by atoms with E-state index < -0.39 is 0 Å². The fraction of sp³-hybridized carbons (Fsp3) is 0.842. The van der Waals surface area contributed by atoms with Gasteiger partial charge in [-0.15, -0.1) is 0 Å². The van der Waals surface area contributed by atoms with Crippen LogP contribution in [0.1, 0.15) is 65.2 Å². The normalized spacial score (nSPS) is 52.7. The van der Waals surface area contributed by atoms with Crippen molar-refractivity contribution in [3.63, 3.8) is 0 Å². The average molecular weight is 288 g/mol. The van der Waals surface area contributed by atoms with Gasteiger partial charge in [-0.2, -0.15) is 0 Å². The Hall–Kier alpha value is -0.630. The van der Waals surface area contributed by atoms with Crippen LogP contribution in [-0.4, -0.2) is 17.0 Å². The van der Waals surface area contributed by atoms with Gasteiger partial charge in [0.2, 0.25) is 0 Å². The Morgan fingerprint density at radius 2 is 1.86 bits per heavy atom. The van der Waals surface area contributed by atoms with Gasteiger partial charge in [0.05, 0.1) is 6.10 Å². The monoisotopic (exact) mass is 288 g/mol. The summed E-state index contributed by atoms with van der Waals surface area (Å²) in [5, 5.41) is 10.4. The molecule has 0 aromatic carbocycles. The molecule has 0 radical (unpaired) electrons. The van der Waals surface area contributed by atoms with Crippen molar-refractivity contribution in [3.8, 4) is 0 Å². The third-order valence-electron chi connectivity index (χ3n) is 7.91. The first-order valence-corrected chi connectivity index (χ1v) is 8.87. The molecule has 0 aromatic heterocycles. The Kier molecular flexibility index (Phi) is 2.96. The van der Waals surface area contributed by atoms with Gasteiger partial charge in [-0.25, -0.2) is 0 Å². The molecule has 4 rings (SSSR count). The first-order chi connectivity index (χ1) is 9.95. The van der Waals surface area contributed by atoms with E-state index in [9.17, 15) is 9.90 Å². The van der Waals surface area contributed by atoms with E-state index in [-0.39, 0.29) is 16.9 Å². The number of hydrogen-bond acceptors (Lipinski definition) is 2. The molecule has 116 valence electrons. The highest BCUT2D eigenvalue weighted by Gasteiger charge is 2.58.